The SMILES string of the molecule is O=C(CCSSP(=S)(SCc1ccccc1)SCc1ccccc1)NCSP(=S)(SCc1ccccc1)SCc1ccccc1. The number of hydrogen-bond acceptors (Lipinski definition) is 10. The molecule has 4 rings (SSSR count). The summed E-state index contributed by atoms with van der Waals surface area (Å²) in [6.45, 7) is 0. The van der Waals surface area contributed by atoms with Gasteiger partial charge in [-0.25, -0.2) is 0 Å². The van der Waals surface area contributed by atoms with Gasteiger partial charge < -0.3 is 5.32 Å². The summed E-state index contributed by atoms with van der Waals surface area (Å²) in [5, 5.41) is 3.13. The van der Waals surface area contributed by atoms with Gasteiger partial charge in [0.2, 0.25) is 5.91 Å². The van der Waals surface area contributed by atoms with Gasteiger partial charge in [-0.1, -0.05) is 213 Å². The van der Waals surface area contributed by atoms with Crippen LogP contribution in [0.4, 0.5) is 0 Å². The van der Waals surface area contributed by atoms with Gasteiger partial charge in [-0.3, -0.25) is 4.79 Å². The smallest absolute Gasteiger partial charge is 0.221 e. The molecule has 13 heteroatoms. The highest BCUT2D eigenvalue weighted by molar-refractivity contribution is 9.34. The van der Waals surface area contributed by atoms with Gasteiger partial charge in [0.05, 0.1) is 5.88 Å². The summed E-state index contributed by atoms with van der Waals surface area (Å²) in [6.07, 6.45) is 0.470. The van der Waals surface area contributed by atoms with Crippen molar-refractivity contribution < 1.29 is 4.79 Å². The molecule has 0 fully saturated rings. The van der Waals surface area contributed by atoms with Crippen molar-refractivity contribution in [3.8, 4) is 0 Å². The monoisotopic (exact) mass is 799 g/mol. The van der Waals surface area contributed by atoms with E-state index in [1.807, 2.05) is 69.8 Å². The molecular formula is C32H35NOP2S9. The van der Waals surface area contributed by atoms with Gasteiger partial charge in [0.25, 0.3) is 0 Å². The van der Waals surface area contributed by atoms with Crippen LogP contribution in [0, 0.1) is 0 Å². The first-order valence-electron chi connectivity index (χ1n) is 14.1. The van der Waals surface area contributed by atoms with Gasteiger partial charge in [-0.15, -0.1) is 0 Å². The largest absolute Gasteiger partial charge is 0.347 e. The number of nitrogens with one attached hydrogen (secondary N) is 1. The number of carbonyl (C=O) groups is 1. The molecule has 0 spiro atoms. The zero-order valence-corrected chi connectivity index (χ0v) is 33.6. The Kier molecular flexibility index (Phi) is 17.9. The number of amides is 1. The quantitative estimate of drug-likeness (QED) is 0.0403. The second-order valence-corrected chi connectivity index (χ2v) is 42.6. The maximum absolute atomic E-state index is 12.8. The van der Waals surface area contributed by atoms with E-state index in [1.165, 1.54) is 22.3 Å². The summed E-state index contributed by atoms with van der Waals surface area (Å²) >= 11 is 21.8. The van der Waals surface area contributed by atoms with Crippen LogP contribution in [-0.2, 0) is 51.4 Å². The predicted molar refractivity (Wildman–Crippen MR) is 225 cm³/mol. The molecule has 4 aromatic rings. The summed E-state index contributed by atoms with van der Waals surface area (Å²) in [5.41, 5.74) is 5.15. The van der Waals surface area contributed by atoms with Gasteiger partial charge in [0, 0.05) is 35.2 Å². The molecule has 238 valence electrons. The Morgan fingerprint density at radius 2 is 0.889 bits per heavy atom. The van der Waals surface area contributed by atoms with Crippen molar-refractivity contribution in [2.75, 3.05) is 11.6 Å². The Morgan fingerprint density at radius 3 is 1.27 bits per heavy atom. The average molecular weight is 800 g/mol. The molecule has 0 aliphatic rings. The fourth-order valence-electron chi connectivity index (χ4n) is 3.62. The van der Waals surface area contributed by atoms with E-state index in [1.54, 1.807) is 32.6 Å². The lowest BCUT2D eigenvalue weighted by Crippen LogP contribution is -2.22. The van der Waals surface area contributed by atoms with Crippen molar-refractivity contribution >= 4 is 115 Å². The van der Waals surface area contributed by atoms with Crippen LogP contribution in [0.15, 0.2) is 121 Å². The molecule has 4 aromatic carbocycles. The third-order valence-electron chi connectivity index (χ3n) is 5.98. The maximum Gasteiger partial charge on any atom is 0.221 e. The molecule has 0 heterocycles. The fraction of sp³-hybridized carbons (Fsp3) is 0.219. The first-order chi connectivity index (χ1) is 21.9. The van der Waals surface area contributed by atoms with Crippen LogP contribution in [0.2, 0.25) is 0 Å². The van der Waals surface area contributed by atoms with Gasteiger partial charge in [-0.05, 0) is 32.7 Å². The number of rotatable bonds is 20. The Balaban J connectivity index is 1.23. The third-order valence-corrected chi connectivity index (χ3v) is 40.1. The molecule has 0 aliphatic heterocycles. The lowest BCUT2D eigenvalue weighted by molar-refractivity contribution is -0.120. The van der Waals surface area contributed by atoms with E-state index < -0.39 is 7.29 Å². The van der Waals surface area contributed by atoms with Crippen molar-refractivity contribution in [2.45, 2.75) is 29.4 Å². The third kappa shape index (κ3) is 15.5. The standard InChI is InChI=1S/C32H35NOP2S9/c34-32(33-27-43-35(37,39-23-28-13-5-1-6-14-28)40-24-29-15-7-2-8-16-29)21-22-44-45-36(38,41-25-30-17-9-3-10-18-30)42-26-31-19-11-4-12-20-31/h1-20H,21-27H2,(H,33,34). The van der Waals surface area contributed by atoms with Crippen LogP contribution in [0.25, 0.3) is 0 Å². The lowest BCUT2D eigenvalue weighted by atomic mass is 10.2. The second kappa shape index (κ2) is 21.2. The number of hydrogen-bond donors (Lipinski definition) is 1. The zero-order valence-electron chi connectivity index (χ0n) is 24.5. The molecular weight excluding hydrogens is 765 g/mol. The van der Waals surface area contributed by atoms with Crippen LogP contribution >= 0.6 is 85.4 Å². The van der Waals surface area contributed by atoms with Crippen molar-refractivity contribution in [2.24, 2.45) is 0 Å². The summed E-state index contributed by atoms with van der Waals surface area (Å²) in [5.74, 6) is 4.91. The second-order valence-electron chi connectivity index (χ2n) is 9.45. The minimum atomic E-state index is -1.88. The minimum Gasteiger partial charge on any atom is -0.347 e. The van der Waals surface area contributed by atoms with E-state index in [2.05, 4.69) is 102 Å². The van der Waals surface area contributed by atoms with Crippen LogP contribution in [0.3, 0.4) is 0 Å². The molecule has 1 N–H and O–H groups in total. The van der Waals surface area contributed by atoms with E-state index in [0.29, 0.717) is 12.3 Å². The van der Waals surface area contributed by atoms with Crippen LogP contribution in [-0.4, -0.2) is 17.5 Å². The summed E-state index contributed by atoms with van der Waals surface area (Å²) in [6, 6.07) is 42.0. The molecule has 0 atom stereocenters. The topological polar surface area (TPSA) is 29.1 Å². The normalized spacial score (nSPS) is 11.7. The molecule has 0 saturated carbocycles. The first-order valence-corrected chi connectivity index (χ1v) is 30.6. The highest BCUT2D eigenvalue weighted by Crippen LogP contribution is 2.82. The van der Waals surface area contributed by atoms with Crippen molar-refractivity contribution in [1.29, 1.82) is 0 Å². The maximum atomic E-state index is 12.8. The summed E-state index contributed by atoms with van der Waals surface area (Å²) in [7, 11) is 3.55. The van der Waals surface area contributed by atoms with Crippen molar-refractivity contribution in [3.05, 3.63) is 144 Å². The summed E-state index contributed by atoms with van der Waals surface area (Å²) < 4.78 is -3.71. The summed E-state index contributed by atoms with van der Waals surface area (Å²) in [4.78, 5) is 12.8. The van der Waals surface area contributed by atoms with E-state index in [9.17, 15) is 4.79 Å². The lowest BCUT2D eigenvalue weighted by Gasteiger charge is -2.21. The minimum absolute atomic E-state index is 0.0699. The Hall–Kier alpha value is 0.100. The molecule has 45 heavy (non-hydrogen) atoms. The average Bonchev–Trinajstić information content (AvgIpc) is 3.09. The number of benzene rings is 4. The van der Waals surface area contributed by atoms with Gasteiger partial charge in [0.15, 0.2) is 0 Å². The molecule has 0 aliphatic carbocycles. The van der Waals surface area contributed by atoms with Gasteiger partial charge >= 0.3 is 0 Å². The van der Waals surface area contributed by atoms with Crippen molar-refractivity contribution in [3.63, 3.8) is 0 Å². The van der Waals surface area contributed by atoms with E-state index >= 15 is 0 Å². The highest BCUT2D eigenvalue weighted by Gasteiger charge is 2.22. The molecule has 0 saturated heterocycles. The zero-order chi connectivity index (χ0) is 31.6. The number of carbonyl (C=O) groups excluding carboxylic acids is 1. The van der Waals surface area contributed by atoms with Gasteiger partial charge in [-0.2, -0.15) is 0 Å². The molecule has 0 bridgehead atoms. The predicted octanol–water partition coefficient (Wildman–Crippen LogP) is 12.7. The van der Waals surface area contributed by atoms with Crippen LogP contribution in [0.5, 0.6) is 0 Å². The Bertz CT molecular complexity index is 1420. The Morgan fingerprint density at radius 1 is 0.533 bits per heavy atom. The highest BCUT2D eigenvalue weighted by atomic mass is 33.7. The Labute approximate surface area is 306 Å². The van der Waals surface area contributed by atoms with Gasteiger partial charge in [0.1, 0.15) is 7.29 Å². The first kappa shape index (κ1) is 37.9. The van der Waals surface area contributed by atoms with E-state index in [4.69, 9.17) is 23.6 Å². The molecule has 0 unspecified atom stereocenters. The van der Waals surface area contributed by atoms with Crippen LogP contribution < -0.4 is 5.32 Å². The molecule has 0 aromatic heterocycles. The molecule has 2 nitrogen and oxygen atoms in total. The van der Waals surface area contributed by atoms with E-state index in [0.717, 1.165) is 28.8 Å². The van der Waals surface area contributed by atoms with Crippen molar-refractivity contribution in [1.82, 2.24) is 5.32 Å². The fourth-order valence-corrected chi connectivity index (χ4v) is 31.4. The van der Waals surface area contributed by atoms with E-state index in [-0.39, 0.29) is 5.91 Å². The van der Waals surface area contributed by atoms with Crippen LogP contribution in [0.1, 0.15) is 28.7 Å². The molecule has 0 radical (unpaired) electrons. The molecule has 1 amide bonds.